The molecule has 2 rings (SSSR count). The van der Waals surface area contributed by atoms with Gasteiger partial charge in [-0.15, -0.1) is 23.1 Å². The Morgan fingerprint density at radius 3 is 2.67 bits per heavy atom. The first-order valence-corrected chi connectivity index (χ1v) is 13.0. The van der Waals surface area contributed by atoms with Crippen molar-refractivity contribution in [3.05, 3.63) is 57.6 Å². The quantitative estimate of drug-likeness (QED) is 0.412. The van der Waals surface area contributed by atoms with Gasteiger partial charge in [0.05, 0.1) is 29.3 Å². The van der Waals surface area contributed by atoms with E-state index >= 15 is 0 Å². The summed E-state index contributed by atoms with van der Waals surface area (Å²) in [4.78, 5) is 17.3. The fourth-order valence-corrected chi connectivity index (χ4v) is 5.59. The average Bonchev–Trinajstić information content (AvgIpc) is 3.13. The minimum Gasteiger partial charge on any atom is -0.457 e. The van der Waals surface area contributed by atoms with Crippen LogP contribution in [0.3, 0.4) is 0 Å². The van der Waals surface area contributed by atoms with Crippen LogP contribution in [0.4, 0.5) is 0 Å². The van der Waals surface area contributed by atoms with Gasteiger partial charge in [-0.2, -0.15) is 0 Å². The van der Waals surface area contributed by atoms with Crippen molar-refractivity contribution in [2.45, 2.75) is 89.1 Å². The minimum absolute atomic E-state index is 0.119. The number of nitrogens with zero attached hydrogens (tertiary/aromatic N) is 1. The van der Waals surface area contributed by atoms with Gasteiger partial charge >= 0.3 is 5.97 Å². The number of carbonyl (C=O) groups excluding carboxylic acids is 1. The number of hydrogen-bond acceptors (Lipinski definition) is 7. The number of allylic oxidation sites excluding steroid dienone is 2. The number of thiazole rings is 1. The summed E-state index contributed by atoms with van der Waals surface area (Å²) in [5, 5.41) is 24.2. The second-order valence-electron chi connectivity index (χ2n) is 9.22. The number of rotatable bonds is 2. The maximum Gasteiger partial charge on any atom is 0.309 e. The van der Waals surface area contributed by atoms with Crippen molar-refractivity contribution in [3.63, 3.8) is 0 Å². The first-order valence-electron chi connectivity index (χ1n) is 11.2. The van der Waals surface area contributed by atoms with Gasteiger partial charge in [0.2, 0.25) is 0 Å². The van der Waals surface area contributed by atoms with Crippen LogP contribution >= 0.6 is 23.1 Å². The van der Waals surface area contributed by atoms with E-state index in [1.165, 1.54) is 11.8 Å². The lowest BCUT2D eigenvalue weighted by Crippen LogP contribution is -2.39. The lowest BCUT2D eigenvalue weighted by atomic mass is 10.0. The molecule has 1 aliphatic heterocycles. The zero-order valence-corrected chi connectivity index (χ0v) is 22.1. The van der Waals surface area contributed by atoms with Crippen LogP contribution in [-0.4, -0.2) is 49.5 Å². The topological polar surface area (TPSA) is 79.7 Å². The predicted octanol–water partition coefficient (Wildman–Crippen LogP) is 5.63. The van der Waals surface area contributed by atoms with Crippen molar-refractivity contribution in [2.75, 3.05) is 0 Å². The number of ether oxygens (including phenoxy) is 1. The predicted molar refractivity (Wildman–Crippen MR) is 139 cm³/mol. The van der Waals surface area contributed by atoms with E-state index in [2.05, 4.69) is 17.6 Å². The van der Waals surface area contributed by atoms with Gasteiger partial charge in [0.1, 0.15) is 6.10 Å². The first kappa shape index (κ1) is 27.6. The maximum absolute atomic E-state index is 12.8. The summed E-state index contributed by atoms with van der Waals surface area (Å²) in [5.74, 6) is -0.445. The van der Waals surface area contributed by atoms with Crippen molar-refractivity contribution in [1.82, 2.24) is 4.98 Å². The number of aromatic nitrogens is 1. The SMILES string of the molecule is C=C1/C=C\C/C(C)=C\C[C@@H](/C(C)=C/c2csc(C)n2)OC(=O)C[C@H](O)C(C)(C)S[C@H](C)[C@H]1O. The van der Waals surface area contributed by atoms with Crippen molar-refractivity contribution in [3.8, 4) is 0 Å². The second kappa shape index (κ2) is 12.2. The van der Waals surface area contributed by atoms with E-state index in [1.54, 1.807) is 11.3 Å². The Kier molecular flexibility index (Phi) is 10.2. The van der Waals surface area contributed by atoms with Crippen molar-refractivity contribution in [1.29, 1.82) is 0 Å². The highest BCUT2D eigenvalue weighted by Crippen LogP contribution is 2.36. The van der Waals surface area contributed by atoms with Crippen molar-refractivity contribution < 1.29 is 19.7 Å². The molecule has 1 aromatic rings. The molecule has 0 spiro atoms. The molecule has 0 aliphatic carbocycles. The molecule has 0 amide bonds. The van der Waals surface area contributed by atoms with Gasteiger partial charge in [-0.05, 0) is 58.3 Å². The van der Waals surface area contributed by atoms with Gasteiger partial charge in [0.25, 0.3) is 0 Å². The molecule has 182 valence electrons. The molecule has 1 aromatic heterocycles. The lowest BCUT2D eigenvalue weighted by molar-refractivity contribution is -0.149. The van der Waals surface area contributed by atoms with E-state index in [0.29, 0.717) is 18.4 Å². The van der Waals surface area contributed by atoms with Crippen molar-refractivity contribution >= 4 is 35.1 Å². The zero-order valence-electron chi connectivity index (χ0n) is 20.5. The van der Waals surface area contributed by atoms with Crippen LogP contribution in [0.5, 0.6) is 0 Å². The highest BCUT2D eigenvalue weighted by molar-refractivity contribution is 8.01. The summed E-state index contributed by atoms with van der Waals surface area (Å²) >= 11 is 3.02. The standard InChI is InChI=1S/C26H37NO4S2/c1-16-9-8-10-17(2)25(30)19(4)33-26(6,7)23(28)14-24(29)31-22(12-11-16)18(3)13-21-15-32-20(5)27-21/h8,10-11,13,15,19,22-23,25,28,30H,2,9,12,14H2,1,3-7H3/b10-8-,16-11-,18-13+/t19-,22+,23+,25+/m1/s1. The normalized spacial score (nSPS) is 30.9. The highest BCUT2D eigenvalue weighted by Gasteiger charge is 2.35. The molecular formula is C26H37NO4S2. The molecule has 0 saturated heterocycles. The second-order valence-corrected chi connectivity index (χ2v) is 12.3. The van der Waals surface area contributed by atoms with E-state index in [9.17, 15) is 15.0 Å². The van der Waals surface area contributed by atoms with Gasteiger partial charge in [-0.1, -0.05) is 37.3 Å². The Labute approximate surface area is 206 Å². The third-order valence-corrected chi connectivity index (χ3v) is 8.02. The fraction of sp³-hybridized carbons (Fsp3) is 0.538. The molecular weight excluding hydrogens is 454 g/mol. The van der Waals surface area contributed by atoms with Crippen LogP contribution in [0, 0.1) is 6.92 Å². The molecule has 2 N–H and O–H groups in total. The van der Waals surface area contributed by atoms with E-state index in [0.717, 1.165) is 21.8 Å². The van der Waals surface area contributed by atoms with Crippen LogP contribution in [0.25, 0.3) is 6.08 Å². The smallest absolute Gasteiger partial charge is 0.309 e. The molecule has 0 radical (unpaired) electrons. The van der Waals surface area contributed by atoms with Crippen LogP contribution in [0.15, 0.2) is 46.9 Å². The lowest BCUT2D eigenvalue weighted by Gasteiger charge is -2.34. The number of hydrogen-bond donors (Lipinski definition) is 2. The fourth-order valence-electron chi connectivity index (χ4n) is 3.52. The summed E-state index contributed by atoms with van der Waals surface area (Å²) in [6, 6.07) is 0. The van der Waals surface area contributed by atoms with Crippen molar-refractivity contribution in [2.24, 2.45) is 0 Å². The Morgan fingerprint density at radius 2 is 2.03 bits per heavy atom. The number of thioether (sulfide) groups is 1. The number of aliphatic hydroxyl groups excluding tert-OH is 2. The number of cyclic esters (lactones) is 1. The highest BCUT2D eigenvalue weighted by atomic mass is 32.2. The average molecular weight is 492 g/mol. The number of esters is 1. The van der Waals surface area contributed by atoms with Gasteiger partial charge in [0, 0.05) is 21.8 Å². The first-order chi connectivity index (χ1) is 15.4. The monoisotopic (exact) mass is 491 g/mol. The molecule has 0 saturated carbocycles. The largest absolute Gasteiger partial charge is 0.457 e. The molecule has 5 nitrogen and oxygen atoms in total. The minimum atomic E-state index is -0.926. The molecule has 0 aromatic carbocycles. The van der Waals surface area contributed by atoms with Gasteiger partial charge in [-0.25, -0.2) is 4.98 Å². The Hall–Kier alpha value is -1.67. The molecule has 7 heteroatoms. The molecule has 2 heterocycles. The van der Waals surface area contributed by atoms with E-state index < -0.39 is 29.0 Å². The van der Waals surface area contributed by atoms with Crippen LogP contribution in [-0.2, 0) is 9.53 Å². The molecule has 1 aliphatic rings. The summed E-state index contributed by atoms with van der Waals surface area (Å²) in [5.41, 5.74) is 3.52. The van der Waals surface area contributed by atoms with E-state index in [4.69, 9.17) is 4.74 Å². The Bertz CT molecular complexity index is 928. The van der Waals surface area contributed by atoms with Crippen LogP contribution in [0.2, 0.25) is 0 Å². The third-order valence-electron chi connectivity index (χ3n) is 5.72. The zero-order chi connectivity index (χ0) is 24.8. The molecule has 4 atom stereocenters. The molecule has 0 bridgehead atoms. The summed E-state index contributed by atoms with van der Waals surface area (Å²) in [6.07, 6.45) is 6.89. The van der Waals surface area contributed by atoms with E-state index in [-0.39, 0.29) is 11.7 Å². The Morgan fingerprint density at radius 1 is 1.33 bits per heavy atom. The number of carbonyl (C=O) groups is 1. The third kappa shape index (κ3) is 8.56. The molecule has 0 fully saturated rings. The van der Waals surface area contributed by atoms with E-state index in [1.807, 2.05) is 65.2 Å². The van der Waals surface area contributed by atoms with Gasteiger partial charge in [0.15, 0.2) is 0 Å². The van der Waals surface area contributed by atoms with Crippen LogP contribution in [0.1, 0.15) is 64.6 Å². The number of aliphatic hydroxyl groups is 2. The molecule has 0 unspecified atom stereocenters. The number of aryl methyl sites for hydroxylation is 1. The summed E-state index contributed by atoms with van der Waals surface area (Å²) in [6.45, 7) is 15.6. The van der Waals surface area contributed by atoms with Crippen LogP contribution < -0.4 is 0 Å². The summed E-state index contributed by atoms with van der Waals surface area (Å²) < 4.78 is 5.18. The van der Waals surface area contributed by atoms with Gasteiger partial charge < -0.3 is 14.9 Å². The summed E-state index contributed by atoms with van der Waals surface area (Å²) in [7, 11) is 0. The Balaban J connectivity index is 2.32. The molecule has 33 heavy (non-hydrogen) atoms. The van der Waals surface area contributed by atoms with Gasteiger partial charge in [-0.3, -0.25) is 4.79 Å². The maximum atomic E-state index is 12.8.